The molecule has 9 heteroatoms. The van der Waals surface area contributed by atoms with Gasteiger partial charge in [-0.3, -0.25) is 0 Å². The van der Waals surface area contributed by atoms with Crippen LogP contribution in [0.2, 0.25) is 10.0 Å². The molecule has 0 bridgehead atoms. The zero-order valence-corrected chi connectivity index (χ0v) is 19.4. The number of oxazole rings is 1. The van der Waals surface area contributed by atoms with Crippen molar-refractivity contribution in [1.82, 2.24) is 9.29 Å². The smallest absolute Gasteiger partial charge is 0.243 e. The quantitative estimate of drug-likeness (QED) is 0.482. The molecule has 3 aromatic rings. The normalized spacial score (nSPS) is 15.7. The molecule has 166 valence electrons. The highest BCUT2D eigenvalue weighted by atomic mass is 35.5. The third-order valence-electron chi connectivity index (χ3n) is 5.68. The van der Waals surface area contributed by atoms with Crippen LogP contribution in [0.15, 0.2) is 45.7 Å². The van der Waals surface area contributed by atoms with Crippen LogP contribution in [-0.4, -0.2) is 36.8 Å². The summed E-state index contributed by atoms with van der Waals surface area (Å²) in [4.78, 5) is 4.69. The first kappa shape index (κ1) is 22.6. The van der Waals surface area contributed by atoms with E-state index in [1.54, 1.807) is 40.7 Å². The maximum Gasteiger partial charge on any atom is 0.243 e. The average molecular weight is 482 g/mol. The molecule has 0 spiro atoms. The Morgan fingerprint density at radius 2 is 1.84 bits per heavy atom. The Morgan fingerprint density at radius 3 is 2.58 bits per heavy atom. The molecule has 2 aromatic carbocycles. The van der Waals surface area contributed by atoms with E-state index in [0.29, 0.717) is 52.1 Å². The molecular weight excluding hydrogens is 457 g/mol. The molecule has 0 saturated heterocycles. The molecule has 0 unspecified atom stereocenters. The van der Waals surface area contributed by atoms with Gasteiger partial charge in [0, 0.05) is 24.2 Å². The van der Waals surface area contributed by atoms with Crippen LogP contribution in [0.5, 0.6) is 0 Å². The fourth-order valence-corrected chi connectivity index (χ4v) is 6.17. The Bertz CT molecular complexity index is 1130. The minimum Gasteiger partial charge on any atom is -0.436 e. The second-order valence-corrected chi connectivity index (χ2v) is 10.5. The highest BCUT2D eigenvalue weighted by molar-refractivity contribution is 7.89. The third-order valence-corrected chi connectivity index (χ3v) is 8.35. The van der Waals surface area contributed by atoms with Crippen LogP contribution in [-0.2, 0) is 10.0 Å². The van der Waals surface area contributed by atoms with Gasteiger partial charge in [0.1, 0.15) is 5.52 Å². The van der Waals surface area contributed by atoms with Crippen LogP contribution in [0.3, 0.4) is 0 Å². The maximum absolute atomic E-state index is 13.6. The summed E-state index contributed by atoms with van der Waals surface area (Å²) in [5.41, 5.74) is 7.31. The van der Waals surface area contributed by atoms with E-state index in [0.717, 1.165) is 32.1 Å². The van der Waals surface area contributed by atoms with Gasteiger partial charge in [0.15, 0.2) is 5.58 Å². The average Bonchev–Trinajstić information content (AvgIpc) is 3.18. The van der Waals surface area contributed by atoms with Crippen LogP contribution in [0.25, 0.3) is 22.6 Å². The molecule has 4 rings (SSSR count). The molecule has 2 N–H and O–H groups in total. The van der Waals surface area contributed by atoms with Crippen molar-refractivity contribution in [2.75, 3.05) is 13.1 Å². The summed E-state index contributed by atoms with van der Waals surface area (Å²) < 4.78 is 34.6. The predicted octanol–water partition coefficient (Wildman–Crippen LogP) is 5.47. The molecule has 0 atom stereocenters. The van der Waals surface area contributed by atoms with E-state index in [4.69, 9.17) is 33.4 Å². The van der Waals surface area contributed by atoms with E-state index >= 15 is 0 Å². The summed E-state index contributed by atoms with van der Waals surface area (Å²) in [7, 11) is -3.68. The Balaban J connectivity index is 1.70. The lowest BCUT2D eigenvalue weighted by atomic mass is 9.95. The van der Waals surface area contributed by atoms with Crippen molar-refractivity contribution >= 4 is 44.3 Å². The van der Waals surface area contributed by atoms with Crippen LogP contribution in [0.1, 0.15) is 38.5 Å². The minimum atomic E-state index is -3.68. The molecule has 1 saturated carbocycles. The Hall–Kier alpha value is -1.64. The van der Waals surface area contributed by atoms with Crippen molar-refractivity contribution in [3.05, 3.63) is 46.4 Å². The molecule has 1 heterocycles. The van der Waals surface area contributed by atoms with Gasteiger partial charge in [-0.2, -0.15) is 4.31 Å². The van der Waals surface area contributed by atoms with Crippen molar-refractivity contribution in [1.29, 1.82) is 0 Å². The minimum absolute atomic E-state index is 0.0163. The van der Waals surface area contributed by atoms with Crippen molar-refractivity contribution in [2.24, 2.45) is 5.73 Å². The number of hydrogen-bond acceptors (Lipinski definition) is 5. The number of rotatable bonds is 7. The number of nitrogens with zero attached hydrogens (tertiary/aromatic N) is 2. The van der Waals surface area contributed by atoms with Crippen molar-refractivity contribution in [2.45, 2.75) is 49.5 Å². The van der Waals surface area contributed by atoms with Crippen LogP contribution in [0.4, 0.5) is 0 Å². The van der Waals surface area contributed by atoms with Gasteiger partial charge in [0.25, 0.3) is 0 Å². The zero-order valence-electron chi connectivity index (χ0n) is 17.1. The molecule has 1 aliphatic rings. The summed E-state index contributed by atoms with van der Waals surface area (Å²) in [5, 5.41) is 0.754. The van der Waals surface area contributed by atoms with Gasteiger partial charge < -0.3 is 10.2 Å². The molecule has 1 aromatic heterocycles. The highest BCUT2D eigenvalue weighted by Gasteiger charge is 2.32. The number of halogens is 2. The van der Waals surface area contributed by atoms with Crippen molar-refractivity contribution in [3.8, 4) is 11.5 Å². The maximum atomic E-state index is 13.6. The van der Waals surface area contributed by atoms with Gasteiger partial charge in [-0.1, -0.05) is 48.5 Å². The third kappa shape index (κ3) is 4.76. The number of nitrogens with two attached hydrogens (primary N) is 1. The summed E-state index contributed by atoms with van der Waals surface area (Å²) >= 11 is 12.1. The molecule has 0 radical (unpaired) electrons. The number of sulfonamides is 1. The number of benzene rings is 2. The van der Waals surface area contributed by atoms with E-state index in [1.807, 2.05) is 0 Å². The second-order valence-electron chi connectivity index (χ2n) is 7.83. The summed E-state index contributed by atoms with van der Waals surface area (Å²) in [6, 6.07) is 9.96. The molecular formula is C22H25Cl2N3O3S. The molecule has 0 amide bonds. The number of hydrogen-bond donors (Lipinski definition) is 1. The lowest BCUT2D eigenvalue weighted by molar-refractivity contribution is 0.252. The Labute approximate surface area is 192 Å². The molecule has 31 heavy (non-hydrogen) atoms. The molecule has 1 fully saturated rings. The van der Waals surface area contributed by atoms with Gasteiger partial charge in [-0.05, 0) is 50.1 Å². The lowest BCUT2D eigenvalue weighted by Gasteiger charge is -2.33. The van der Waals surface area contributed by atoms with Crippen LogP contribution >= 0.6 is 23.2 Å². The van der Waals surface area contributed by atoms with E-state index in [2.05, 4.69) is 4.98 Å². The second kappa shape index (κ2) is 9.46. The Kier molecular flexibility index (Phi) is 6.89. The lowest BCUT2D eigenvalue weighted by Crippen LogP contribution is -2.42. The van der Waals surface area contributed by atoms with E-state index in [-0.39, 0.29) is 10.9 Å². The molecule has 1 aliphatic carbocycles. The molecule has 6 nitrogen and oxygen atoms in total. The van der Waals surface area contributed by atoms with Crippen molar-refractivity contribution in [3.63, 3.8) is 0 Å². The largest absolute Gasteiger partial charge is 0.436 e. The fraction of sp³-hybridized carbons (Fsp3) is 0.409. The predicted molar refractivity (Wildman–Crippen MR) is 124 cm³/mol. The first-order valence-electron chi connectivity index (χ1n) is 10.5. The topological polar surface area (TPSA) is 89.4 Å². The van der Waals surface area contributed by atoms with Gasteiger partial charge in [-0.25, -0.2) is 13.4 Å². The number of fused-ring (bicyclic) bond motifs is 1. The summed E-state index contributed by atoms with van der Waals surface area (Å²) in [6.07, 6.45) is 5.65. The van der Waals surface area contributed by atoms with E-state index < -0.39 is 10.0 Å². The van der Waals surface area contributed by atoms with Crippen molar-refractivity contribution < 1.29 is 12.8 Å². The van der Waals surface area contributed by atoms with Gasteiger partial charge in [0.05, 0.1) is 14.9 Å². The fourth-order valence-electron chi connectivity index (χ4n) is 4.09. The number of aromatic nitrogens is 1. The van der Waals surface area contributed by atoms with Crippen LogP contribution < -0.4 is 5.73 Å². The summed E-state index contributed by atoms with van der Waals surface area (Å²) in [5.74, 6) is 0.316. The SMILES string of the molecule is NCCCN(C1CCCCC1)S(=O)(=O)c1cccc(-c2nc3cc(Cl)c(Cl)cc3o2)c1. The highest BCUT2D eigenvalue weighted by Crippen LogP contribution is 2.33. The van der Waals surface area contributed by atoms with E-state index in [1.165, 1.54) is 0 Å². The van der Waals surface area contributed by atoms with Gasteiger partial charge in [-0.15, -0.1) is 0 Å². The van der Waals surface area contributed by atoms with E-state index in [9.17, 15) is 8.42 Å². The molecule has 0 aliphatic heterocycles. The van der Waals surface area contributed by atoms with Gasteiger partial charge >= 0.3 is 0 Å². The van der Waals surface area contributed by atoms with Crippen LogP contribution in [0, 0.1) is 0 Å². The monoisotopic (exact) mass is 481 g/mol. The standard InChI is InChI=1S/C22H25Cl2N3O3S/c23-18-13-20-21(14-19(18)24)30-22(26-20)15-6-4-9-17(12-15)31(28,29)27(11-5-10-25)16-7-2-1-3-8-16/h4,6,9,12-14,16H,1-3,5,7-8,10-11,25H2. The first-order chi connectivity index (χ1) is 14.9. The first-order valence-corrected chi connectivity index (χ1v) is 12.7. The summed E-state index contributed by atoms with van der Waals surface area (Å²) in [6.45, 7) is 0.875. The zero-order chi connectivity index (χ0) is 22.0. The Morgan fingerprint density at radius 1 is 1.10 bits per heavy atom. The van der Waals surface area contributed by atoms with Gasteiger partial charge in [0.2, 0.25) is 15.9 Å².